The predicted octanol–water partition coefficient (Wildman–Crippen LogP) is 4.73. The Bertz CT molecular complexity index is 1290. The fourth-order valence-corrected chi connectivity index (χ4v) is 4.84. The van der Waals surface area contributed by atoms with Gasteiger partial charge in [0, 0.05) is 12.0 Å². The van der Waals surface area contributed by atoms with Crippen molar-refractivity contribution in [3.63, 3.8) is 0 Å². The van der Waals surface area contributed by atoms with Crippen LogP contribution < -0.4 is 14.8 Å². The van der Waals surface area contributed by atoms with Crippen LogP contribution in [0.1, 0.15) is 53.2 Å². The molecule has 1 saturated carbocycles. The average molecular weight is 486 g/mol. The molecule has 2 N–H and O–H groups in total. The average Bonchev–Trinajstić information content (AvgIpc) is 3.59. The van der Waals surface area contributed by atoms with E-state index in [9.17, 15) is 14.7 Å². The van der Waals surface area contributed by atoms with Gasteiger partial charge in [-0.05, 0) is 78.3 Å². The molecule has 2 aliphatic rings. The lowest BCUT2D eigenvalue weighted by atomic mass is 9.87. The summed E-state index contributed by atoms with van der Waals surface area (Å²) < 4.78 is 10.9. The third-order valence-electron chi connectivity index (χ3n) is 7.38. The van der Waals surface area contributed by atoms with Crippen molar-refractivity contribution in [2.45, 2.75) is 51.0 Å². The van der Waals surface area contributed by atoms with Crippen LogP contribution in [0.15, 0.2) is 60.7 Å². The first-order valence-corrected chi connectivity index (χ1v) is 12.5. The predicted molar refractivity (Wildman–Crippen MR) is 137 cm³/mol. The second-order valence-electron chi connectivity index (χ2n) is 9.74. The third-order valence-corrected chi connectivity index (χ3v) is 7.38. The molecule has 3 aromatic rings. The topological polar surface area (TPSA) is 84.9 Å². The first-order valence-electron chi connectivity index (χ1n) is 12.5. The smallest absolute Gasteiger partial charge is 0.251 e. The SMILES string of the molecule is CC[C@@H](CO)NC(=O)c1ccc(-c2cc(CC(=O)C3(c4ccc5c(c4)OCO5)CC3)ccc2C)cc1. The number of hydrogen-bond acceptors (Lipinski definition) is 5. The molecule has 0 aromatic heterocycles. The summed E-state index contributed by atoms with van der Waals surface area (Å²) >= 11 is 0. The zero-order valence-electron chi connectivity index (χ0n) is 20.7. The monoisotopic (exact) mass is 485 g/mol. The molecule has 1 atom stereocenters. The number of amides is 1. The third kappa shape index (κ3) is 4.61. The van der Waals surface area contributed by atoms with Gasteiger partial charge in [0.15, 0.2) is 11.5 Å². The van der Waals surface area contributed by atoms with E-state index >= 15 is 0 Å². The molecule has 0 radical (unpaired) electrons. The van der Waals surface area contributed by atoms with Crippen molar-refractivity contribution in [2.24, 2.45) is 0 Å². The first kappa shape index (κ1) is 24.1. The standard InChI is InChI=1S/C30H31NO5/c1-3-24(17-32)31-29(34)22-8-6-21(7-9-22)25-14-20(5-4-19(25)2)15-28(33)30(12-13-30)23-10-11-26-27(16-23)36-18-35-26/h4-11,14,16,24,32H,3,12-13,15,17-18H2,1-2H3,(H,31,34)/t24-/m0/s1. The maximum absolute atomic E-state index is 13.5. The minimum absolute atomic E-state index is 0.0824. The zero-order valence-corrected chi connectivity index (χ0v) is 20.7. The molecule has 0 saturated heterocycles. The molecule has 5 rings (SSSR count). The van der Waals surface area contributed by atoms with E-state index in [1.807, 2.05) is 56.3 Å². The van der Waals surface area contributed by atoms with Gasteiger partial charge in [-0.15, -0.1) is 0 Å². The molecule has 1 amide bonds. The normalized spacial score (nSPS) is 15.9. The number of ether oxygens (including phenoxy) is 2. The van der Waals surface area contributed by atoms with Crippen LogP contribution in [0.4, 0.5) is 0 Å². The largest absolute Gasteiger partial charge is 0.454 e. The van der Waals surface area contributed by atoms with Crippen LogP contribution in [0, 0.1) is 6.92 Å². The van der Waals surface area contributed by atoms with E-state index in [1.54, 1.807) is 12.1 Å². The summed E-state index contributed by atoms with van der Waals surface area (Å²) in [6, 6.07) is 19.2. The molecule has 6 nitrogen and oxygen atoms in total. The number of carbonyl (C=O) groups excluding carboxylic acids is 2. The Balaban J connectivity index is 1.32. The molecule has 1 aliphatic heterocycles. The molecule has 36 heavy (non-hydrogen) atoms. The highest BCUT2D eigenvalue weighted by Gasteiger charge is 2.50. The van der Waals surface area contributed by atoms with Gasteiger partial charge in [0.2, 0.25) is 6.79 Å². The van der Waals surface area contributed by atoms with E-state index in [1.165, 1.54) is 0 Å². The second-order valence-corrected chi connectivity index (χ2v) is 9.74. The Labute approximate surface area is 211 Å². The molecule has 1 aliphatic carbocycles. The highest BCUT2D eigenvalue weighted by molar-refractivity contribution is 5.96. The lowest BCUT2D eigenvalue weighted by Gasteiger charge is -2.16. The Morgan fingerprint density at radius 2 is 1.75 bits per heavy atom. The lowest BCUT2D eigenvalue weighted by Crippen LogP contribution is -2.36. The molecule has 1 heterocycles. The van der Waals surface area contributed by atoms with E-state index in [0.717, 1.165) is 46.4 Å². The van der Waals surface area contributed by atoms with Crippen LogP contribution in [0.25, 0.3) is 11.1 Å². The fraction of sp³-hybridized carbons (Fsp3) is 0.333. The Hall–Kier alpha value is -3.64. The van der Waals surface area contributed by atoms with Crippen molar-refractivity contribution in [3.8, 4) is 22.6 Å². The van der Waals surface area contributed by atoms with Gasteiger partial charge in [0.25, 0.3) is 5.91 Å². The number of hydrogen-bond donors (Lipinski definition) is 2. The maximum Gasteiger partial charge on any atom is 0.251 e. The zero-order chi connectivity index (χ0) is 25.3. The van der Waals surface area contributed by atoms with Crippen LogP contribution in [0.3, 0.4) is 0 Å². The summed E-state index contributed by atoms with van der Waals surface area (Å²) in [5.74, 6) is 1.46. The molecule has 186 valence electrons. The van der Waals surface area contributed by atoms with Crippen molar-refractivity contribution in [2.75, 3.05) is 13.4 Å². The number of rotatable bonds is 9. The van der Waals surface area contributed by atoms with Gasteiger partial charge < -0.3 is 19.9 Å². The van der Waals surface area contributed by atoms with Crippen LogP contribution in [0.5, 0.6) is 11.5 Å². The molecule has 3 aromatic carbocycles. The van der Waals surface area contributed by atoms with E-state index in [4.69, 9.17) is 9.47 Å². The van der Waals surface area contributed by atoms with Crippen molar-refractivity contribution in [3.05, 3.63) is 82.9 Å². The highest BCUT2D eigenvalue weighted by atomic mass is 16.7. The Morgan fingerprint density at radius 1 is 1.00 bits per heavy atom. The van der Waals surface area contributed by atoms with E-state index < -0.39 is 5.41 Å². The number of aliphatic hydroxyl groups is 1. The summed E-state index contributed by atoms with van der Waals surface area (Å²) in [4.78, 5) is 25.9. The second kappa shape index (κ2) is 9.78. The summed E-state index contributed by atoms with van der Waals surface area (Å²) in [5, 5.41) is 12.2. The Morgan fingerprint density at radius 3 is 2.44 bits per heavy atom. The minimum Gasteiger partial charge on any atom is -0.454 e. The van der Waals surface area contributed by atoms with E-state index in [2.05, 4.69) is 11.4 Å². The lowest BCUT2D eigenvalue weighted by molar-refractivity contribution is -0.120. The summed E-state index contributed by atoms with van der Waals surface area (Å²) in [7, 11) is 0. The van der Waals surface area contributed by atoms with Gasteiger partial charge in [-0.2, -0.15) is 0 Å². The number of fused-ring (bicyclic) bond motifs is 1. The Kier molecular flexibility index (Phi) is 6.54. The van der Waals surface area contributed by atoms with Crippen LogP contribution in [-0.2, 0) is 16.6 Å². The summed E-state index contributed by atoms with van der Waals surface area (Å²) in [5.41, 5.74) is 5.23. The molecular weight excluding hydrogens is 454 g/mol. The van der Waals surface area contributed by atoms with E-state index in [-0.39, 0.29) is 31.1 Å². The number of carbonyl (C=O) groups is 2. The highest BCUT2D eigenvalue weighted by Crippen LogP contribution is 2.51. The molecule has 1 fully saturated rings. The number of nitrogens with one attached hydrogen (secondary N) is 1. The number of aliphatic hydroxyl groups excluding tert-OH is 1. The molecule has 0 spiro atoms. The van der Waals surface area contributed by atoms with Crippen molar-refractivity contribution in [1.29, 1.82) is 0 Å². The first-order chi connectivity index (χ1) is 17.4. The number of aryl methyl sites for hydroxylation is 1. The fourth-order valence-electron chi connectivity index (χ4n) is 4.84. The molecule has 0 bridgehead atoms. The van der Waals surface area contributed by atoms with Gasteiger partial charge in [0.05, 0.1) is 18.1 Å². The summed E-state index contributed by atoms with van der Waals surface area (Å²) in [6.45, 7) is 4.11. The minimum atomic E-state index is -0.439. The van der Waals surface area contributed by atoms with Gasteiger partial charge in [-0.25, -0.2) is 0 Å². The van der Waals surface area contributed by atoms with Crippen molar-refractivity contribution < 1.29 is 24.2 Å². The van der Waals surface area contributed by atoms with Crippen LogP contribution in [-0.4, -0.2) is 36.2 Å². The number of Topliss-reactive ketones (excluding diaryl/α,β-unsaturated/α-hetero) is 1. The molecular formula is C30H31NO5. The number of benzene rings is 3. The van der Waals surface area contributed by atoms with Crippen molar-refractivity contribution in [1.82, 2.24) is 5.32 Å². The van der Waals surface area contributed by atoms with Crippen molar-refractivity contribution >= 4 is 11.7 Å². The van der Waals surface area contributed by atoms with Crippen LogP contribution in [0.2, 0.25) is 0 Å². The summed E-state index contributed by atoms with van der Waals surface area (Å²) in [6.07, 6.45) is 2.73. The van der Waals surface area contributed by atoms with Gasteiger partial charge in [-0.3, -0.25) is 9.59 Å². The van der Waals surface area contributed by atoms with Gasteiger partial charge in [-0.1, -0.05) is 43.3 Å². The number of ketones is 1. The maximum atomic E-state index is 13.5. The van der Waals surface area contributed by atoms with Gasteiger partial charge >= 0.3 is 0 Å². The van der Waals surface area contributed by atoms with Gasteiger partial charge in [0.1, 0.15) is 5.78 Å². The van der Waals surface area contributed by atoms with E-state index in [0.29, 0.717) is 24.2 Å². The molecule has 0 unspecified atom stereocenters. The quantitative estimate of drug-likeness (QED) is 0.458. The molecule has 6 heteroatoms. The van der Waals surface area contributed by atoms with Crippen LogP contribution >= 0.6 is 0 Å².